The molecule has 2 atom stereocenters. The fraction of sp³-hybridized carbons (Fsp3) is 0.944. The molecule has 3 N–H and O–H groups in total. The number of rotatable bonds is 67. The Morgan fingerprint density at radius 2 is 0.610 bits per heavy atom. The van der Waals surface area contributed by atoms with E-state index in [1.165, 1.54) is 334 Å². The van der Waals surface area contributed by atoms with E-state index in [4.69, 9.17) is 4.74 Å². The number of hydrogen-bond acceptors (Lipinski definition) is 5. The molecule has 0 rings (SSSR count). The van der Waals surface area contributed by atoms with Crippen LogP contribution >= 0.6 is 0 Å². The third-order valence-corrected chi connectivity index (χ3v) is 16.8. The van der Waals surface area contributed by atoms with Gasteiger partial charge in [-0.05, 0) is 51.4 Å². The van der Waals surface area contributed by atoms with Crippen LogP contribution in [-0.4, -0.2) is 47.4 Å². The smallest absolute Gasteiger partial charge is 0.305 e. The molecule has 0 spiro atoms. The molecule has 0 radical (unpaired) electrons. The van der Waals surface area contributed by atoms with Crippen molar-refractivity contribution in [1.82, 2.24) is 5.32 Å². The van der Waals surface area contributed by atoms with E-state index in [9.17, 15) is 19.8 Å². The van der Waals surface area contributed by atoms with Crippen molar-refractivity contribution in [1.29, 1.82) is 0 Å². The summed E-state index contributed by atoms with van der Waals surface area (Å²) in [6.45, 7) is 5.00. The fourth-order valence-corrected chi connectivity index (χ4v) is 11.4. The Morgan fingerprint density at radius 1 is 0.351 bits per heavy atom. The number of aliphatic hydroxyl groups is 2. The summed E-state index contributed by atoms with van der Waals surface area (Å²) in [5.74, 6) is -0.0181. The number of carbonyl (C=O) groups excluding carboxylic acids is 2. The third kappa shape index (κ3) is 63.6. The van der Waals surface area contributed by atoms with Gasteiger partial charge in [0.2, 0.25) is 5.91 Å². The Bertz CT molecular complexity index is 1160. The highest BCUT2D eigenvalue weighted by molar-refractivity contribution is 5.76. The molecule has 458 valence electrons. The molecule has 0 saturated carbocycles. The minimum absolute atomic E-state index is 0.0166. The maximum absolute atomic E-state index is 12.5. The monoisotopic (exact) mass is 1090 g/mol. The minimum atomic E-state index is -0.668. The van der Waals surface area contributed by atoms with Crippen molar-refractivity contribution in [3.05, 3.63) is 12.2 Å². The molecule has 6 heteroatoms. The van der Waals surface area contributed by atoms with E-state index in [2.05, 4.69) is 31.3 Å². The molecule has 0 saturated heterocycles. The molecule has 0 aromatic rings. The molecule has 0 aromatic heterocycles. The lowest BCUT2D eigenvalue weighted by atomic mass is 10.0. The first kappa shape index (κ1) is 75.6. The van der Waals surface area contributed by atoms with Crippen LogP contribution in [0.4, 0.5) is 0 Å². The van der Waals surface area contributed by atoms with Crippen LogP contribution in [-0.2, 0) is 14.3 Å². The molecule has 6 nitrogen and oxygen atoms in total. The van der Waals surface area contributed by atoms with Crippen molar-refractivity contribution < 1.29 is 24.5 Å². The number of aliphatic hydroxyl groups excluding tert-OH is 2. The molecule has 0 bridgehead atoms. The van der Waals surface area contributed by atoms with Gasteiger partial charge in [-0.3, -0.25) is 9.59 Å². The van der Waals surface area contributed by atoms with Gasteiger partial charge < -0.3 is 20.3 Å². The topological polar surface area (TPSA) is 95.9 Å². The maximum atomic E-state index is 12.5. The summed E-state index contributed by atoms with van der Waals surface area (Å²) in [5, 5.41) is 23.4. The van der Waals surface area contributed by atoms with Gasteiger partial charge in [0.05, 0.1) is 25.4 Å². The predicted octanol–water partition coefficient (Wildman–Crippen LogP) is 22.8. The van der Waals surface area contributed by atoms with Crippen molar-refractivity contribution in [2.45, 2.75) is 418 Å². The Hall–Kier alpha value is -1.40. The first-order chi connectivity index (χ1) is 38.0. The number of allylic oxidation sites excluding steroid dienone is 2. The van der Waals surface area contributed by atoms with Crippen LogP contribution in [0.3, 0.4) is 0 Å². The van der Waals surface area contributed by atoms with Crippen molar-refractivity contribution in [3.63, 3.8) is 0 Å². The van der Waals surface area contributed by atoms with E-state index in [0.29, 0.717) is 25.9 Å². The number of esters is 1. The number of unbranched alkanes of at least 4 members (excludes halogenated alkanes) is 54. The van der Waals surface area contributed by atoms with Crippen molar-refractivity contribution in [2.75, 3.05) is 13.2 Å². The number of nitrogens with one attached hydrogen (secondary N) is 1. The van der Waals surface area contributed by atoms with Gasteiger partial charge in [-0.1, -0.05) is 353 Å². The molecular weight excluding hydrogens is 947 g/mol. The number of hydrogen-bond donors (Lipinski definition) is 3. The van der Waals surface area contributed by atoms with Crippen LogP contribution in [0.5, 0.6) is 0 Å². The van der Waals surface area contributed by atoms with Crippen molar-refractivity contribution >= 4 is 11.9 Å². The largest absolute Gasteiger partial charge is 0.466 e. The predicted molar refractivity (Wildman–Crippen MR) is 338 cm³/mol. The van der Waals surface area contributed by atoms with E-state index in [-0.39, 0.29) is 18.5 Å². The Morgan fingerprint density at radius 3 is 0.922 bits per heavy atom. The zero-order valence-corrected chi connectivity index (χ0v) is 52.5. The van der Waals surface area contributed by atoms with Crippen molar-refractivity contribution in [3.8, 4) is 0 Å². The molecule has 1 amide bonds. The quantitative estimate of drug-likeness (QED) is 0.0320. The van der Waals surface area contributed by atoms with Gasteiger partial charge in [-0.15, -0.1) is 0 Å². The average molecular weight is 1090 g/mol. The first-order valence-corrected chi connectivity index (χ1v) is 35.4. The summed E-state index contributed by atoms with van der Waals surface area (Å²) in [6.07, 6.45) is 82.5. The summed E-state index contributed by atoms with van der Waals surface area (Å²) in [7, 11) is 0. The van der Waals surface area contributed by atoms with Crippen LogP contribution in [0.1, 0.15) is 406 Å². The summed E-state index contributed by atoms with van der Waals surface area (Å²) in [4.78, 5) is 24.6. The van der Waals surface area contributed by atoms with E-state index >= 15 is 0 Å². The van der Waals surface area contributed by atoms with Crippen LogP contribution in [0.25, 0.3) is 0 Å². The molecule has 0 aromatic carbocycles. The molecule has 0 aliphatic carbocycles. The lowest BCUT2D eigenvalue weighted by molar-refractivity contribution is -0.143. The van der Waals surface area contributed by atoms with Gasteiger partial charge in [0, 0.05) is 12.8 Å². The second kappa shape index (κ2) is 67.1. The average Bonchev–Trinajstić information content (AvgIpc) is 3.43. The molecule has 0 heterocycles. The summed E-state index contributed by atoms with van der Waals surface area (Å²) < 4.78 is 5.50. The van der Waals surface area contributed by atoms with Crippen LogP contribution in [0.2, 0.25) is 0 Å². The number of carbonyl (C=O) groups is 2. The molecule has 0 aliphatic rings. The minimum Gasteiger partial charge on any atom is -0.466 e. The highest BCUT2D eigenvalue weighted by Crippen LogP contribution is 2.19. The van der Waals surface area contributed by atoms with Gasteiger partial charge >= 0.3 is 5.97 Å². The molecular formula is C71H139NO5. The van der Waals surface area contributed by atoms with E-state index < -0.39 is 12.1 Å². The van der Waals surface area contributed by atoms with E-state index in [0.717, 1.165) is 38.5 Å². The fourth-order valence-electron chi connectivity index (χ4n) is 11.4. The van der Waals surface area contributed by atoms with Crippen molar-refractivity contribution in [2.24, 2.45) is 0 Å². The van der Waals surface area contributed by atoms with Gasteiger partial charge in [-0.25, -0.2) is 0 Å². The highest BCUT2D eigenvalue weighted by Gasteiger charge is 2.20. The molecule has 0 aliphatic heterocycles. The van der Waals surface area contributed by atoms with E-state index in [1.54, 1.807) is 0 Å². The molecule has 2 unspecified atom stereocenters. The first-order valence-electron chi connectivity index (χ1n) is 35.4. The van der Waals surface area contributed by atoms with Gasteiger partial charge in [0.1, 0.15) is 0 Å². The lowest BCUT2D eigenvalue weighted by Crippen LogP contribution is -2.45. The zero-order chi connectivity index (χ0) is 55.7. The molecule has 77 heavy (non-hydrogen) atoms. The second-order valence-electron chi connectivity index (χ2n) is 24.6. The zero-order valence-electron chi connectivity index (χ0n) is 52.5. The Labute approximate surface area is 482 Å². The molecule has 0 fully saturated rings. The SMILES string of the molecule is CCCCCCCCCCCCCCCCCCCCCCCC(O)C(CO)NC(=O)CCCCCCCCCC/C=C\CCCCCCCCCCCCCCOC(=O)CCCCCCCCCCCCCCCCC. The standard InChI is InChI=1S/C71H139NO5/c1-3-5-7-9-11-13-15-17-19-20-21-26-29-32-36-39-43-47-51-55-59-63-69(74)68(67-73)72-70(75)64-60-56-52-48-44-40-37-33-30-27-24-22-23-25-28-31-34-38-42-46-50-54-58-62-66-77-71(76)65-61-57-53-49-45-41-35-18-16-14-12-10-8-6-4-2/h24,27,68-69,73-74H,3-23,25-26,28-67H2,1-2H3,(H,72,75)/b27-24-. The van der Waals surface area contributed by atoms with Crippen LogP contribution in [0, 0.1) is 0 Å². The summed E-state index contributed by atoms with van der Waals surface area (Å²) >= 11 is 0. The van der Waals surface area contributed by atoms with Crippen LogP contribution < -0.4 is 5.32 Å². The number of amides is 1. The van der Waals surface area contributed by atoms with Gasteiger partial charge in [-0.2, -0.15) is 0 Å². The van der Waals surface area contributed by atoms with Crippen LogP contribution in [0.15, 0.2) is 12.2 Å². The summed E-state index contributed by atoms with van der Waals surface area (Å²) in [5.41, 5.74) is 0. The van der Waals surface area contributed by atoms with E-state index in [1.807, 2.05) is 0 Å². The third-order valence-electron chi connectivity index (χ3n) is 16.8. The maximum Gasteiger partial charge on any atom is 0.305 e. The van der Waals surface area contributed by atoms with Gasteiger partial charge in [0.15, 0.2) is 0 Å². The summed E-state index contributed by atoms with van der Waals surface area (Å²) in [6, 6.07) is -0.545. The Kier molecular flexibility index (Phi) is 65.9. The van der Waals surface area contributed by atoms with Gasteiger partial charge in [0.25, 0.3) is 0 Å². The number of ether oxygens (including phenoxy) is 1. The lowest BCUT2D eigenvalue weighted by Gasteiger charge is -2.22. The normalized spacial score (nSPS) is 12.5. The highest BCUT2D eigenvalue weighted by atomic mass is 16.5. The Balaban J connectivity index is 3.39. The second-order valence-corrected chi connectivity index (χ2v) is 24.6.